The van der Waals surface area contributed by atoms with Gasteiger partial charge < -0.3 is 14.4 Å². The molecule has 2 rings (SSSR count). The molecule has 0 spiro atoms. The van der Waals surface area contributed by atoms with Crippen molar-refractivity contribution in [2.45, 2.75) is 19.9 Å². The molecule has 144 valence electrons. The van der Waals surface area contributed by atoms with Crippen LogP contribution in [-0.4, -0.2) is 37.0 Å². The zero-order chi connectivity index (χ0) is 19.6. The molecule has 0 saturated carbocycles. The first-order valence-corrected chi connectivity index (χ1v) is 8.78. The second-order valence-electron chi connectivity index (χ2n) is 6.21. The lowest BCUT2D eigenvalue weighted by atomic mass is 10.1. The molecular weight excluding hydrogens is 349 g/mol. The Labute approximate surface area is 158 Å². The van der Waals surface area contributed by atoms with E-state index >= 15 is 0 Å². The van der Waals surface area contributed by atoms with E-state index in [2.05, 4.69) is 0 Å². The van der Waals surface area contributed by atoms with Crippen LogP contribution in [0.1, 0.15) is 18.9 Å². The van der Waals surface area contributed by atoms with Gasteiger partial charge in [-0.2, -0.15) is 0 Å². The molecule has 0 aromatic heterocycles. The minimum atomic E-state index is -0.467. The average Bonchev–Trinajstić information content (AvgIpc) is 2.68. The molecule has 1 unspecified atom stereocenters. The van der Waals surface area contributed by atoms with E-state index < -0.39 is 11.7 Å². The molecule has 0 heterocycles. The van der Waals surface area contributed by atoms with Crippen LogP contribution in [0.4, 0.5) is 4.39 Å². The molecule has 0 fully saturated rings. The van der Waals surface area contributed by atoms with Crippen LogP contribution in [0.15, 0.2) is 54.6 Å². The summed E-state index contributed by atoms with van der Waals surface area (Å²) in [6.45, 7) is 2.38. The summed E-state index contributed by atoms with van der Waals surface area (Å²) in [6, 6.07) is 15.6. The number of hydrogen-bond acceptors (Lipinski definition) is 4. The Morgan fingerprint density at radius 3 is 2.41 bits per heavy atom. The molecule has 1 atom stereocenters. The zero-order valence-electron chi connectivity index (χ0n) is 15.6. The highest BCUT2D eigenvalue weighted by molar-refractivity contribution is 5.78. The Bertz CT molecular complexity index is 751. The van der Waals surface area contributed by atoms with Gasteiger partial charge >= 0.3 is 5.97 Å². The summed E-state index contributed by atoms with van der Waals surface area (Å²) >= 11 is 0. The van der Waals surface area contributed by atoms with Gasteiger partial charge in [-0.25, -0.2) is 4.39 Å². The highest BCUT2D eigenvalue weighted by Crippen LogP contribution is 2.16. The van der Waals surface area contributed by atoms with Gasteiger partial charge in [0, 0.05) is 13.1 Å². The average molecular weight is 373 g/mol. The molecule has 5 nitrogen and oxygen atoms in total. The Morgan fingerprint density at radius 1 is 1.07 bits per heavy atom. The summed E-state index contributed by atoms with van der Waals surface area (Å²) in [5, 5.41) is 0. The highest BCUT2D eigenvalue weighted by Gasteiger charge is 2.22. The molecular formula is C21H24FNO4. The van der Waals surface area contributed by atoms with E-state index in [4.69, 9.17) is 9.47 Å². The van der Waals surface area contributed by atoms with Crippen LogP contribution in [0.2, 0.25) is 0 Å². The van der Waals surface area contributed by atoms with Crippen LogP contribution in [0.25, 0.3) is 0 Å². The van der Waals surface area contributed by atoms with Crippen LogP contribution in [0.3, 0.4) is 0 Å². The number of carbonyl (C=O) groups excluding carboxylic acids is 2. The lowest BCUT2D eigenvalue weighted by molar-refractivity contribution is -0.146. The fourth-order valence-electron chi connectivity index (χ4n) is 2.63. The second kappa shape index (κ2) is 10.3. The van der Waals surface area contributed by atoms with Gasteiger partial charge in [0.25, 0.3) is 0 Å². The zero-order valence-corrected chi connectivity index (χ0v) is 15.6. The van der Waals surface area contributed by atoms with Crippen molar-refractivity contribution >= 4 is 11.9 Å². The SMILES string of the molecule is COC(=O)C(C)CN(Cc1ccccc1)C(=O)CCOc1ccccc1F. The van der Waals surface area contributed by atoms with Crippen molar-refractivity contribution in [1.29, 1.82) is 0 Å². The van der Waals surface area contributed by atoms with E-state index in [0.29, 0.717) is 6.54 Å². The summed E-state index contributed by atoms with van der Waals surface area (Å²) < 4.78 is 23.7. The first-order valence-electron chi connectivity index (χ1n) is 8.78. The molecule has 2 aromatic rings. The van der Waals surface area contributed by atoms with Gasteiger partial charge in [-0.15, -0.1) is 0 Å². The van der Waals surface area contributed by atoms with Gasteiger partial charge in [0.2, 0.25) is 5.91 Å². The molecule has 2 aromatic carbocycles. The van der Waals surface area contributed by atoms with Gasteiger partial charge in [0.1, 0.15) is 0 Å². The van der Waals surface area contributed by atoms with Crippen LogP contribution in [0, 0.1) is 11.7 Å². The van der Waals surface area contributed by atoms with Crippen LogP contribution >= 0.6 is 0 Å². The van der Waals surface area contributed by atoms with Crippen molar-refractivity contribution in [3.05, 3.63) is 66.0 Å². The summed E-state index contributed by atoms with van der Waals surface area (Å²) in [7, 11) is 1.32. The molecule has 27 heavy (non-hydrogen) atoms. The number of ether oxygens (including phenoxy) is 2. The fraction of sp³-hybridized carbons (Fsp3) is 0.333. The Hall–Kier alpha value is -2.89. The number of amides is 1. The van der Waals surface area contributed by atoms with Crippen LogP contribution < -0.4 is 4.74 Å². The Balaban J connectivity index is 1.99. The standard InChI is InChI=1S/C21H24FNO4/c1-16(21(25)26-2)14-23(15-17-8-4-3-5-9-17)20(24)12-13-27-19-11-7-6-10-18(19)22/h3-11,16H,12-15H2,1-2H3. The van der Waals surface area contributed by atoms with Crippen LogP contribution in [-0.2, 0) is 20.9 Å². The van der Waals surface area contributed by atoms with E-state index in [1.165, 1.54) is 19.2 Å². The molecule has 0 aliphatic heterocycles. The highest BCUT2D eigenvalue weighted by atomic mass is 19.1. The number of esters is 1. The van der Waals surface area contributed by atoms with Crippen molar-refractivity contribution in [1.82, 2.24) is 4.90 Å². The predicted molar refractivity (Wildman–Crippen MR) is 99.6 cm³/mol. The summed E-state index contributed by atoms with van der Waals surface area (Å²) in [6.07, 6.45) is 0.0784. The number of nitrogens with zero attached hydrogens (tertiary/aromatic N) is 1. The van der Waals surface area contributed by atoms with Gasteiger partial charge in [-0.05, 0) is 17.7 Å². The third-order valence-electron chi connectivity index (χ3n) is 4.08. The monoisotopic (exact) mass is 373 g/mol. The maximum atomic E-state index is 13.6. The van der Waals surface area contributed by atoms with Crippen molar-refractivity contribution in [3.63, 3.8) is 0 Å². The largest absolute Gasteiger partial charge is 0.490 e. The van der Waals surface area contributed by atoms with E-state index in [9.17, 15) is 14.0 Å². The van der Waals surface area contributed by atoms with Gasteiger partial charge in [0.15, 0.2) is 11.6 Å². The van der Waals surface area contributed by atoms with Crippen molar-refractivity contribution in [3.8, 4) is 5.75 Å². The van der Waals surface area contributed by atoms with Gasteiger partial charge in [-0.3, -0.25) is 9.59 Å². The van der Waals surface area contributed by atoms with Gasteiger partial charge in [-0.1, -0.05) is 49.4 Å². The lowest BCUT2D eigenvalue weighted by Gasteiger charge is -2.25. The number of para-hydroxylation sites is 1. The topological polar surface area (TPSA) is 55.8 Å². The predicted octanol–water partition coefficient (Wildman–Crippen LogP) is 3.43. The normalized spacial score (nSPS) is 11.5. The molecule has 0 saturated heterocycles. The molecule has 0 aliphatic carbocycles. The van der Waals surface area contributed by atoms with Crippen LogP contribution in [0.5, 0.6) is 5.75 Å². The number of hydrogen-bond donors (Lipinski definition) is 0. The fourth-order valence-corrected chi connectivity index (χ4v) is 2.63. The third kappa shape index (κ3) is 6.40. The first kappa shape index (κ1) is 20.4. The summed E-state index contributed by atoms with van der Waals surface area (Å²) in [4.78, 5) is 26.0. The van der Waals surface area contributed by atoms with Gasteiger partial charge in [0.05, 0.1) is 26.1 Å². The van der Waals surface area contributed by atoms with E-state index in [0.717, 1.165) is 5.56 Å². The molecule has 1 amide bonds. The molecule has 0 radical (unpaired) electrons. The number of halogens is 1. The number of benzene rings is 2. The minimum absolute atomic E-state index is 0.0532. The van der Waals surface area contributed by atoms with E-state index in [-0.39, 0.29) is 37.2 Å². The number of carbonyl (C=O) groups is 2. The van der Waals surface area contributed by atoms with E-state index in [1.807, 2.05) is 30.3 Å². The molecule has 0 N–H and O–H groups in total. The first-order chi connectivity index (χ1) is 13.0. The third-order valence-corrected chi connectivity index (χ3v) is 4.08. The number of methoxy groups -OCH3 is 1. The van der Waals surface area contributed by atoms with Crippen molar-refractivity contribution in [2.24, 2.45) is 5.92 Å². The second-order valence-corrected chi connectivity index (χ2v) is 6.21. The summed E-state index contributed by atoms with van der Waals surface area (Å²) in [5.74, 6) is -1.35. The minimum Gasteiger partial charge on any atom is -0.490 e. The maximum absolute atomic E-state index is 13.6. The summed E-state index contributed by atoms with van der Waals surface area (Å²) in [5.41, 5.74) is 0.956. The Morgan fingerprint density at radius 2 is 1.74 bits per heavy atom. The van der Waals surface area contributed by atoms with Crippen molar-refractivity contribution < 1.29 is 23.5 Å². The number of rotatable bonds is 9. The molecule has 0 bridgehead atoms. The van der Waals surface area contributed by atoms with Crippen molar-refractivity contribution in [2.75, 3.05) is 20.3 Å². The molecule has 6 heteroatoms. The van der Waals surface area contributed by atoms with E-state index in [1.54, 1.807) is 24.0 Å². The maximum Gasteiger partial charge on any atom is 0.310 e. The smallest absolute Gasteiger partial charge is 0.310 e. The lowest BCUT2D eigenvalue weighted by Crippen LogP contribution is -2.37. The molecule has 0 aliphatic rings. The Kier molecular flexibility index (Phi) is 7.79. The quantitative estimate of drug-likeness (QED) is 0.632.